The molecule has 0 bridgehead atoms. The minimum Gasteiger partial charge on any atom is -0.444 e. The summed E-state index contributed by atoms with van der Waals surface area (Å²) in [4.78, 5) is 26.0. The lowest BCUT2D eigenvalue weighted by molar-refractivity contribution is 0.0523. The number of nitrogens with one attached hydrogen (secondary N) is 2. The van der Waals surface area contributed by atoms with Crippen molar-refractivity contribution in [2.24, 2.45) is 0 Å². The van der Waals surface area contributed by atoms with Crippen LogP contribution >= 0.6 is 0 Å². The van der Waals surface area contributed by atoms with Crippen LogP contribution in [0.5, 0.6) is 0 Å². The molecule has 2 heterocycles. The van der Waals surface area contributed by atoms with E-state index in [2.05, 4.69) is 27.7 Å². The van der Waals surface area contributed by atoms with Gasteiger partial charge in [-0.15, -0.1) is 0 Å². The number of anilines is 2. The lowest BCUT2D eigenvalue weighted by Gasteiger charge is -2.19. The molecule has 0 aliphatic rings. The average molecular weight is 441 g/mol. The van der Waals surface area contributed by atoms with Crippen LogP contribution in [0.25, 0.3) is 11.0 Å². The molecule has 9 nitrogen and oxygen atoms in total. The summed E-state index contributed by atoms with van der Waals surface area (Å²) in [6, 6.07) is 9.94. The number of nitrogen functional groups attached to an aromatic ring is 1. The maximum Gasteiger partial charge on any atom is 0.407 e. The zero-order chi connectivity index (χ0) is 23.1. The van der Waals surface area contributed by atoms with Gasteiger partial charge in [-0.05, 0) is 44.4 Å². The Bertz CT molecular complexity index is 1040. The van der Waals surface area contributed by atoms with Crippen LogP contribution in [-0.2, 0) is 22.7 Å². The molecule has 1 aromatic carbocycles. The molecule has 0 atom stereocenters. The summed E-state index contributed by atoms with van der Waals surface area (Å²) in [5.74, 6) is 0.741. The van der Waals surface area contributed by atoms with E-state index >= 15 is 0 Å². The second-order valence-corrected chi connectivity index (χ2v) is 8.58. The maximum absolute atomic E-state index is 11.8. The van der Waals surface area contributed by atoms with Gasteiger partial charge in [-0.3, -0.25) is 4.84 Å². The Kier molecular flexibility index (Phi) is 7.53. The van der Waals surface area contributed by atoms with Crippen LogP contribution in [0, 0.1) is 0 Å². The molecule has 0 unspecified atom stereocenters. The zero-order valence-corrected chi connectivity index (χ0v) is 19.1. The molecular weight excluding hydrogens is 408 g/mol. The van der Waals surface area contributed by atoms with Crippen LogP contribution in [0.4, 0.5) is 16.6 Å². The second-order valence-electron chi connectivity index (χ2n) is 8.58. The summed E-state index contributed by atoms with van der Waals surface area (Å²) in [6.07, 6.45) is 3.52. The van der Waals surface area contributed by atoms with E-state index in [0.29, 0.717) is 25.5 Å². The van der Waals surface area contributed by atoms with E-state index in [1.807, 2.05) is 61.9 Å². The van der Waals surface area contributed by atoms with Gasteiger partial charge in [-0.1, -0.05) is 37.6 Å². The first-order valence-electron chi connectivity index (χ1n) is 10.8. The van der Waals surface area contributed by atoms with Crippen LogP contribution in [0.1, 0.15) is 51.7 Å². The normalized spacial score (nSPS) is 11.5. The molecule has 0 saturated carbocycles. The van der Waals surface area contributed by atoms with E-state index in [-0.39, 0.29) is 5.95 Å². The van der Waals surface area contributed by atoms with Gasteiger partial charge >= 0.3 is 6.09 Å². The smallest absolute Gasteiger partial charge is 0.407 e. The monoisotopic (exact) mass is 440 g/mol. The van der Waals surface area contributed by atoms with Crippen molar-refractivity contribution < 1.29 is 14.4 Å². The van der Waals surface area contributed by atoms with Crippen molar-refractivity contribution in [3.05, 3.63) is 47.7 Å². The van der Waals surface area contributed by atoms with Crippen LogP contribution < -0.4 is 16.5 Å². The molecule has 0 fully saturated rings. The predicted octanol–water partition coefficient (Wildman–Crippen LogP) is 4.23. The van der Waals surface area contributed by atoms with E-state index in [0.717, 1.165) is 35.0 Å². The van der Waals surface area contributed by atoms with E-state index in [4.69, 9.17) is 15.3 Å². The zero-order valence-electron chi connectivity index (χ0n) is 19.1. The SMILES string of the molecule is CCCCONc1nc(N)nc2ccn(Cc3ccc(CNC(=O)OC(C)(C)C)cc3)c12. The van der Waals surface area contributed by atoms with Crippen LogP contribution in [0.15, 0.2) is 36.5 Å². The van der Waals surface area contributed by atoms with Crippen molar-refractivity contribution in [1.29, 1.82) is 0 Å². The lowest BCUT2D eigenvalue weighted by atomic mass is 10.1. The maximum atomic E-state index is 11.8. The Hall–Kier alpha value is -3.33. The molecule has 0 saturated heterocycles. The number of ether oxygens (including phenoxy) is 1. The average Bonchev–Trinajstić information content (AvgIpc) is 3.12. The first kappa shape index (κ1) is 23.3. The van der Waals surface area contributed by atoms with Crippen LogP contribution in [-0.4, -0.2) is 32.8 Å². The van der Waals surface area contributed by atoms with Gasteiger partial charge in [-0.25, -0.2) is 15.3 Å². The summed E-state index contributed by atoms with van der Waals surface area (Å²) in [5.41, 5.74) is 11.9. The fourth-order valence-corrected chi connectivity index (χ4v) is 3.11. The number of alkyl carbamates (subject to hydrolysis) is 1. The molecule has 0 aliphatic carbocycles. The third kappa shape index (κ3) is 6.58. The van der Waals surface area contributed by atoms with E-state index in [1.165, 1.54) is 0 Å². The van der Waals surface area contributed by atoms with Crippen molar-refractivity contribution in [2.75, 3.05) is 17.8 Å². The van der Waals surface area contributed by atoms with Gasteiger partial charge in [0.15, 0.2) is 5.82 Å². The number of nitrogens with two attached hydrogens (primary N) is 1. The standard InChI is InChI=1S/C23H32N6O3/c1-5-6-13-31-28-20-19-18(26-21(24)27-20)11-12-29(19)15-17-9-7-16(8-10-17)14-25-22(30)32-23(2,3)4/h7-12H,5-6,13-15H2,1-4H3,(H,25,30)(H3,24,26,27,28). The molecule has 32 heavy (non-hydrogen) atoms. The van der Waals surface area contributed by atoms with Gasteiger partial charge in [0.2, 0.25) is 5.95 Å². The number of aromatic nitrogens is 3. The Morgan fingerprint density at radius 2 is 1.84 bits per heavy atom. The molecule has 3 rings (SSSR count). The number of carbonyl (C=O) groups is 1. The highest BCUT2D eigenvalue weighted by atomic mass is 16.6. The Balaban J connectivity index is 1.67. The third-order valence-corrected chi connectivity index (χ3v) is 4.61. The predicted molar refractivity (Wildman–Crippen MR) is 125 cm³/mol. The first-order chi connectivity index (χ1) is 15.2. The van der Waals surface area contributed by atoms with Crippen LogP contribution in [0.2, 0.25) is 0 Å². The van der Waals surface area contributed by atoms with E-state index in [1.54, 1.807) is 0 Å². The summed E-state index contributed by atoms with van der Waals surface area (Å²) < 4.78 is 7.31. The van der Waals surface area contributed by atoms with Crippen molar-refractivity contribution in [2.45, 2.75) is 59.2 Å². The number of unbranched alkanes of at least 4 members (excludes halogenated alkanes) is 1. The minimum atomic E-state index is -0.517. The number of fused-ring (bicyclic) bond motifs is 1. The number of benzene rings is 1. The van der Waals surface area contributed by atoms with Gasteiger partial charge in [0.25, 0.3) is 0 Å². The summed E-state index contributed by atoms with van der Waals surface area (Å²) in [6.45, 7) is 9.23. The molecule has 4 N–H and O–H groups in total. The quantitative estimate of drug-likeness (QED) is 0.337. The van der Waals surface area contributed by atoms with Gasteiger partial charge in [0.05, 0.1) is 12.1 Å². The van der Waals surface area contributed by atoms with Gasteiger partial charge in [0, 0.05) is 19.3 Å². The molecule has 0 aliphatic heterocycles. The third-order valence-electron chi connectivity index (χ3n) is 4.61. The fraction of sp³-hybridized carbons (Fsp3) is 0.435. The van der Waals surface area contributed by atoms with Crippen molar-refractivity contribution >= 4 is 28.9 Å². The van der Waals surface area contributed by atoms with Crippen molar-refractivity contribution in [3.8, 4) is 0 Å². The lowest BCUT2D eigenvalue weighted by Crippen LogP contribution is -2.32. The highest BCUT2D eigenvalue weighted by Crippen LogP contribution is 2.24. The molecule has 2 aromatic heterocycles. The van der Waals surface area contributed by atoms with Gasteiger partial charge in [-0.2, -0.15) is 4.98 Å². The molecule has 1 amide bonds. The number of carbonyl (C=O) groups excluding carboxylic acids is 1. The molecule has 9 heteroatoms. The fourth-order valence-electron chi connectivity index (χ4n) is 3.11. The van der Waals surface area contributed by atoms with Crippen LogP contribution in [0.3, 0.4) is 0 Å². The largest absolute Gasteiger partial charge is 0.444 e. The molecule has 0 radical (unpaired) electrons. The Morgan fingerprint density at radius 3 is 2.53 bits per heavy atom. The Labute approximate surface area is 188 Å². The molecular formula is C23H32N6O3. The van der Waals surface area contributed by atoms with E-state index in [9.17, 15) is 4.79 Å². The van der Waals surface area contributed by atoms with Crippen molar-refractivity contribution in [1.82, 2.24) is 19.9 Å². The number of rotatable bonds is 9. The highest BCUT2D eigenvalue weighted by molar-refractivity contribution is 5.87. The number of nitrogens with zero attached hydrogens (tertiary/aromatic N) is 3. The number of amides is 1. The Morgan fingerprint density at radius 1 is 1.12 bits per heavy atom. The molecule has 172 valence electrons. The topological polar surface area (TPSA) is 116 Å². The van der Waals surface area contributed by atoms with E-state index < -0.39 is 11.7 Å². The van der Waals surface area contributed by atoms with Gasteiger partial charge < -0.3 is 20.4 Å². The summed E-state index contributed by atoms with van der Waals surface area (Å²) in [7, 11) is 0. The summed E-state index contributed by atoms with van der Waals surface area (Å²) >= 11 is 0. The van der Waals surface area contributed by atoms with Crippen molar-refractivity contribution in [3.63, 3.8) is 0 Å². The number of hydrogen-bond acceptors (Lipinski definition) is 7. The van der Waals surface area contributed by atoms with Gasteiger partial charge in [0.1, 0.15) is 11.1 Å². The summed E-state index contributed by atoms with van der Waals surface area (Å²) in [5, 5.41) is 2.77. The highest BCUT2D eigenvalue weighted by Gasteiger charge is 2.16. The number of hydrogen-bond donors (Lipinski definition) is 3. The first-order valence-corrected chi connectivity index (χ1v) is 10.8. The molecule has 3 aromatic rings. The molecule has 0 spiro atoms. The second kappa shape index (κ2) is 10.3. The minimum absolute atomic E-state index is 0.193.